The summed E-state index contributed by atoms with van der Waals surface area (Å²) in [7, 11) is -4.00. The second kappa shape index (κ2) is 3.95. The van der Waals surface area contributed by atoms with E-state index in [1.807, 2.05) is 0 Å². The monoisotopic (exact) mass is 211 g/mol. The van der Waals surface area contributed by atoms with Gasteiger partial charge in [-0.25, -0.2) is 0 Å². The third-order valence-electron chi connectivity index (χ3n) is 1.82. The number of hydrogen-bond acceptors (Lipinski definition) is 3. The molecule has 0 aliphatic carbocycles. The van der Waals surface area contributed by atoms with Crippen molar-refractivity contribution in [2.75, 3.05) is 5.75 Å². The highest BCUT2D eigenvalue weighted by Crippen LogP contribution is 2.24. The van der Waals surface area contributed by atoms with Gasteiger partial charge in [0.05, 0.1) is 0 Å². The smallest absolute Gasteiger partial charge is 0.273 e. The minimum atomic E-state index is -4.00. The molecule has 0 amide bonds. The maximum atomic E-state index is 10.4. The zero-order chi connectivity index (χ0) is 9.19. The summed E-state index contributed by atoms with van der Waals surface area (Å²) >= 11 is 1.73. The van der Waals surface area contributed by atoms with E-state index in [4.69, 9.17) is 4.55 Å². The molecule has 0 saturated carbocycles. The van der Waals surface area contributed by atoms with Crippen molar-refractivity contribution in [1.82, 2.24) is 4.72 Å². The van der Waals surface area contributed by atoms with Gasteiger partial charge in [0.15, 0.2) is 0 Å². The Morgan fingerprint density at radius 3 is 2.58 bits per heavy atom. The molecule has 0 radical (unpaired) electrons. The number of thioether (sulfide) groups is 1. The summed E-state index contributed by atoms with van der Waals surface area (Å²) in [5.41, 5.74) is 0. The molecule has 1 aliphatic heterocycles. The van der Waals surface area contributed by atoms with E-state index in [0.29, 0.717) is 5.25 Å². The van der Waals surface area contributed by atoms with Gasteiger partial charge in [-0.05, 0) is 12.8 Å². The van der Waals surface area contributed by atoms with Gasteiger partial charge in [-0.2, -0.15) is 24.9 Å². The van der Waals surface area contributed by atoms with E-state index < -0.39 is 10.3 Å². The minimum Gasteiger partial charge on any atom is -0.273 e. The van der Waals surface area contributed by atoms with E-state index in [2.05, 4.69) is 11.6 Å². The lowest BCUT2D eigenvalue weighted by Crippen LogP contribution is -2.38. The molecule has 0 aromatic heterocycles. The first kappa shape index (κ1) is 10.3. The van der Waals surface area contributed by atoms with Crippen LogP contribution in [0.3, 0.4) is 0 Å². The highest BCUT2D eigenvalue weighted by atomic mass is 32.2. The third kappa shape index (κ3) is 3.75. The van der Waals surface area contributed by atoms with Crippen molar-refractivity contribution in [3.63, 3.8) is 0 Å². The van der Waals surface area contributed by atoms with Crippen molar-refractivity contribution in [3.8, 4) is 0 Å². The molecule has 0 spiro atoms. The zero-order valence-corrected chi connectivity index (χ0v) is 8.49. The molecule has 2 atom stereocenters. The van der Waals surface area contributed by atoms with Gasteiger partial charge >= 0.3 is 10.3 Å². The molecule has 6 heteroatoms. The molecule has 2 N–H and O–H groups in total. The van der Waals surface area contributed by atoms with Crippen molar-refractivity contribution >= 4 is 22.1 Å². The molecular weight excluding hydrogens is 198 g/mol. The van der Waals surface area contributed by atoms with E-state index >= 15 is 0 Å². The van der Waals surface area contributed by atoms with Crippen LogP contribution >= 0.6 is 11.8 Å². The molecule has 1 fully saturated rings. The lowest BCUT2D eigenvalue weighted by molar-refractivity contribution is 0.447. The van der Waals surface area contributed by atoms with Crippen LogP contribution in [0.5, 0.6) is 0 Å². The Balaban J connectivity index is 2.36. The van der Waals surface area contributed by atoms with Crippen molar-refractivity contribution in [2.45, 2.75) is 31.1 Å². The minimum absolute atomic E-state index is 0.0961. The highest BCUT2D eigenvalue weighted by Gasteiger charge is 2.21. The maximum Gasteiger partial charge on any atom is 0.333 e. The Morgan fingerprint density at radius 2 is 2.17 bits per heavy atom. The van der Waals surface area contributed by atoms with E-state index in [1.54, 1.807) is 11.8 Å². The number of hydrogen-bond donors (Lipinski definition) is 2. The van der Waals surface area contributed by atoms with Gasteiger partial charge in [-0.1, -0.05) is 6.92 Å². The largest absolute Gasteiger partial charge is 0.333 e. The van der Waals surface area contributed by atoms with Crippen molar-refractivity contribution in [2.24, 2.45) is 0 Å². The second-order valence-corrected chi connectivity index (χ2v) is 5.67. The molecule has 72 valence electrons. The van der Waals surface area contributed by atoms with Crippen LogP contribution in [0.4, 0.5) is 0 Å². The second-order valence-electron chi connectivity index (χ2n) is 3.01. The van der Waals surface area contributed by atoms with Gasteiger partial charge in [0, 0.05) is 17.0 Å². The first-order valence-corrected chi connectivity index (χ1v) is 6.32. The molecule has 0 bridgehead atoms. The maximum absolute atomic E-state index is 10.4. The molecule has 0 unspecified atom stereocenters. The van der Waals surface area contributed by atoms with Gasteiger partial charge in [0.25, 0.3) is 0 Å². The molecule has 0 aromatic rings. The van der Waals surface area contributed by atoms with Gasteiger partial charge in [0.1, 0.15) is 0 Å². The standard InChI is InChI=1S/C6H13NO3S2/c1-5-2-3-6(4-11-5)7-12(8,9)10/h5-7H,2-4H2,1H3,(H,8,9,10)/t5-,6-/m0/s1. The lowest BCUT2D eigenvalue weighted by atomic mass is 10.1. The van der Waals surface area contributed by atoms with Gasteiger partial charge in [0.2, 0.25) is 0 Å². The summed E-state index contributed by atoms with van der Waals surface area (Å²) < 4.78 is 31.5. The lowest BCUT2D eigenvalue weighted by Gasteiger charge is -2.25. The van der Waals surface area contributed by atoms with Crippen LogP contribution in [-0.4, -0.2) is 30.0 Å². The summed E-state index contributed by atoms with van der Waals surface area (Å²) in [5, 5.41) is 0.601. The van der Waals surface area contributed by atoms with E-state index in [1.165, 1.54) is 0 Å². The molecule has 1 saturated heterocycles. The van der Waals surface area contributed by atoms with Gasteiger partial charge in [-0.15, -0.1) is 0 Å². The van der Waals surface area contributed by atoms with Crippen LogP contribution < -0.4 is 4.72 Å². The molecule has 4 nitrogen and oxygen atoms in total. The van der Waals surface area contributed by atoms with Crippen LogP contribution in [0.15, 0.2) is 0 Å². The Morgan fingerprint density at radius 1 is 1.50 bits per heavy atom. The predicted molar refractivity (Wildman–Crippen MR) is 49.6 cm³/mol. The summed E-state index contributed by atoms with van der Waals surface area (Å²) in [4.78, 5) is 0. The Kier molecular flexibility index (Phi) is 3.39. The zero-order valence-electron chi connectivity index (χ0n) is 6.86. The van der Waals surface area contributed by atoms with Crippen molar-refractivity contribution in [1.29, 1.82) is 0 Å². The first-order chi connectivity index (χ1) is 5.47. The average Bonchev–Trinajstić information content (AvgIpc) is 1.91. The highest BCUT2D eigenvalue weighted by molar-refractivity contribution is 8.00. The third-order valence-corrected chi connectivity index (χ3v) is 3.85. The SMILES string of the molecule is C[C@H]1CC[C@H](NS(=O)(=O)O)CS1. The van der Waals surface area contributed by atoms with Crippen LogP contribution in [0.2, 0.25) is 0 Å². The summed E-state index contributed by atoms with van der Waals surface area (Å²) in [5.74, 6) is 0.751. The molecule has 12 heavy (non-hydrogen) atoms. The molecule has 1 heterocycles. The Hall–Kier alpha value is 0.220. The molecular formula is C6H13NO3S2. The summed E-state index contributed by atoms with van der Waals surface area (Å²) in [6.07, 6.45) is 1.81. The first-order valence-electron chi connectivity index (χ1n) is 3.84. The molecule has 0 aromatic carbocycles. The van der Waals surface area contributed by atoms with Gasteiger partial charge < -0.3 is 0 Å². The quantitative estimate of drug-likeness (QED) is 0.659. The fraction of sp³-hybridized carbons (Fsp3) is 1.00. The normalized spacial score (nSPS) is 31.8. The number of rotatable bonds is 2. The summed E-state index contributed by atoms with van der Waals surface area (Å²) in [6.45, 7) is 2.12. The van der Waals surface area contributed by atoms with Crippen LogP contribution in [-0.2, 0) is 10.3 Å². The summed E-state index contributed by atoms with van der Waals surface area (Å²) in [6, 6.07) is -0.0961. The average molecular weight is 211 g/mol. The van der Waals surface area contributed by atoms with Crippen LogP contribution in [0.25, 0.3) is 0 Å². The fourth-order valence-electron chi connectivity index (χ4n) is 1.19. The Labute approximate surface area is 77.0 Å². The van der Waals surface area contributed by atoms with Crippen LogP contribution in [0, 0.1) is 0 Å². The fourth-order valence-corrected chi connectivity index (χ4v) is 3.03. The van der Waals surface area contributed by atoms with Gasteiger partial charge in [-0.3, -0.25) is 4.55 Å². The number of nitrogens with one attached hydrogen (secondary N) is 1. The van der Waals surface area contributed by atoms with Crippen molar-refractivity contribution < 1.29 is 13.0 Å². The Bertz CT molecular complexity index is 231. The predicted octanol–water partition coefficient (Wildman–Crippen LogP) is 0.663. The van der Waals surface area contributed by atoms with E-state index in [9.17, 15) is 8.42 Å². The topological polar surface area (TPSA) is 66.4 Å². The molecule has 1 rings (SSSR count). The molecule has 1 aliphatic rings. The van der Waals surface area contributed by atoms with Crippen LogP contribution in [0.1, 0.15) is 19.8 Å². The van der Waals surface area contributed by atoms with E-state index in [-0.39, 0.29) is 6.04 Å². The van der Waals surface area contributed by atoms with Crippen molar-refractivity contribution in [3.05, 3.63) is 0 Å². The van der Waals surface area contributed by atoms with E-state index in [0.717, 1.165) is 18.6 Å².